The van der Waals surface area contributed by atoms with Crippen molar-refractivity contribution >= 4 is 34.0 Å². The average molecular weight is 529 g/mol. The minimum absolute atomic E-state index is 0.319. The van der Waals surface area contributed by atoms with Gasteiger partial charge in [-0.3, -0.25) is 4.79 Å². The lowest BCUT2D eigenvalue weighted by atomic mass is 10.2. The van der Waals surface area contributed by atoms with Crippen LogP contribution in [0.1, 0.15) is 31.8 Å². The zero-order valence-electron chi connectivity index (χ0n) is 18.6. The zero-order valence-corrected chi connectivity index (χ0v) is 20.1. The summed E-state index contributed by atoms with van der Waals surface area (Å²) in [5, 5.41) is 4.03. The Labute approximate surface area is 211 Å². The molecule has 0 spiro atoms. The monoisotopic (exact) mass is 528 g/mol. The number of hydrazone groups is 1. The Bertz CT molecular complexity index is 1320. The summed E-state index contributed by atoms with van der Waals surface area (Å²) >= 11 is 3.40. The van der Waals surface area contributed by atoms with Crippen LogP contribution >= 0.6 is 15.9 Å². The molecule has 0 saturated heterocycles. The van der Waals surface area contributed by atoms with E-state index in [9.17, 15) is 9.59 Å². The molecule has 0 aliphatic rings. The number of amides is 1. The first-order valence-electron chi connectivity index (χ1n) is 10.8. The number of carbonyl (C=O) groups excluding carboxylic acids is 2. The Balaban J connectivity index is 1.36. The second kappa shape index (κ2) is 11.8. The van der Waals surface area contributed by atoms with Gasteiger partial charge in [0, 0.05) is 15.6 Å². The van der Waals surface area contributed by atoms with Crippen molar-refractivity contribution in [3.8, 4) is 11.5 Å². The molecule has 0 aliphatic carbocycles. The van der Waals surface area contributed by atoms with Crippen LogP contribution in [-0.4, -0.2) is 18.1 Å². The van der Waals surface area contributed by atoms with Crippen molar-refractivity contribution in [3.05, 3.63) is 130 Å². The third-order valence-electron chi connectivity index (χ3n) is 4.92. The molecule has 4 aromatic rings. The molecule has 35 heavy (non-hydrogen) atoms. The summed E-state index contributed by atoms with van der Waals surface area (Å²) in [6, 6.07) is 30.5. The molecule has 0 heterocycles. The molecule has 4 rings (SSSR count). The van der Waals surface area contributed by atoms with E-state index in [2.05, 4.69) is 26.5 Å². The summed E-state index contributed by atoms with van der Waals surface area (Å²) in [4.78, 5) is 24.9. The molecule has 7 heteroatoms. The Morgan fingerprint density at radius 2 is 1.51 bits per heavy atom. The minimum atomic E-state index is -0.485. The molecule has 0 radical (unpaired) electrons. The molecule has 4 aromatic carbocycles. The van der Waals surface area contributed by atoms with E-state index in [1.165, 1.54) is 6.21 Å². The van der Waals surface area contributed by atoms with Crippen molar-refractivity contribution in [2.24, 2.45) is 5.10 Å². The fourth-order valence-electron chi connectivity index (χ4n) is 3.11. The third kappa shape index (κ3) is 6.88. The first-order valence-corrected chi connectivity index (χ1v) is 11.5. The Morgan fingerprint density at radius 1 is 0.829 bits per heavy atom. The maximum Gasteiger partial charge on any atom is 0.343 e. The van der Waals surface area contributed by atoms with Gasteiger partial charge in [0.2, 0.25) is 0 Å². The summed E-state index contributed by atoms with van der Waals surface area (Å²) in [5.74, 6) is 0.114. The highest BCUT2D eigenvalue weighted by molar-refractivity contribution is 9.10. The van der Waals surface area contributed by atoms with E-state index in [0.29, 0.717) is 34.8 Å². The van der Waals surface area contributed by atoms with E-state index in [-0.39, 0.29) is 5.91 Å². The maximum absolute atomic E-state index is 12.5. The molecule has 0 saturated carbocycles. The average Bonchev–Trinajstić information content (AvgIpc) is 2.90. The van der Waals surface area contributed by atoms with Crippen LogP contribution < -0.4 is 14.9 Å². The summed E-state index contributed by atoms with van der Waals surface area (Å²) < 4.78 is 12.0. The van der Waals surface area contributed by atoms with E-state index in [1.54, 1.807) is 66.7 Å². The number of carbonyl (C=O) groups is 2. The van der Waals surface area contributed by atoms with Crippen molar-refractivity contribution in [2.75, 3.05) is 0 Å². The van der Waals surface area contributed by atoms with Gasteiger partial charge in [0.15, 0.2) is 0 Å². The second-order valence-electron chi connectivity index (χ2n) is 7.44. The molecule has 1 amide bonds. The topological polar surface area (TPSA) is 77.0 Å². The number of esters is 1. The first-order chi connectivity index (χ1) is 17.1. The molecule has 0 aliphatic heterocycles. The van der Waals surface area contributed by atoms with Crippen LogP contribution in [0.2, 0.25) is 0 Å². The van der Waals surface area contributed by atoms with E-state index < -0.39 is 5.97 Å². The minimum Gasteiger partial charge on any atom is -0.489 e. The molecule has 1 N–H and O–H groups in total. The molecular weight excluding hydrogens is 508 g/mol. The number of hydrogen-bond acceptors (Lipinski definition) is 5. The summed E-state index contributed by atoms with van der Waals surface area (Å²) in [6.07, 6.45) is 1.42. The summed E-state index contributed by atoms with van der Waals surface area (Å²) in [5.41, 5.74) is 4.94. The predicted octanol–water partition coefficient (Wildman–Crippen LogP) is 6.01. The van der Waals surface area contributed by atoms with Gasteiger partial charge in [-0.15, -0.1) is 0 Å². The molecule has 0 bridgehead atoms. The third-order valence-corrected chi connectivity index (χ3v) is 5.41. The number of nitrogens with zero attached hydrogens (tertiary/aromatic N) is 1. The van der Waals surface area contributed by atoms with E-state index in [1.807, 2.05) is 36.4 Å². The Morgan fingerprint density at radius 3 is 2.23 bits per heavy atom. The van der Waals surface area contributed by atoms with Crippen molar-refractivity contribution in [1.29, 1.82) is 0 Å². The molecule has 0 aromatic heterocycles. The van der Waals surface area contributed by atoms with Gasteiger partial charge < -0.3 is 9.47 Å². The van der Waals surface area contributed by atoms with Crippen molar-refractivity contribution in [2.45, 2.75) is 6.61 Å². The van der Waals surface area contributed by atoms with E-state index in [4.69, 9.17) is 9.47 Å². The number of rotatable bonds is 8. The normalized spacial score (nSPS) is 10.7. The lowest BCUT2D eigenvalue weighted by Gasteiger charge is -2.08. The van der Waals surface area contributed by atoms with Gasteiger partial charge in [0.05, 0.1) is 11.8 Å². The van der Waals surface area contributed by atoms with Gasteiger partial charge >= 0.3 is 5.97 Å². The molecule has 6 nitrogen and oxygen atoms in total. The lowest BCUT2D eigenvalue weighted by molar-refractivity contribution is 0.0734. The fraction of sp³-hybridized carbons (Fsp3) is 0.0357. The van der Waals surface area contributed by atoms with Gasteiger partial charge in [-0.1, -0.05) is 64.5 Å². The van der Waals surface area contributed by atoms with Gasteiger partial charge in [-0.2, -0.15) is 5.10 Å². The van der Waals surface area contributed by atoms with Crippen LogP contribution in [0.5, 0.6) is 11.5 Å². The number of ether oxygens (including phenoxy) is 2. The maximum atomic E-state index is 12.5. The van der Waals surface area contributed by atoms with Crippen LogP contribution in [0, 0.1) is 0 Å². The van der Waals surface area contributed by atoms with Crippen LogP contribution in [0.3, 0.4) is 0 Å². The molecular formula is C28H21BrN2O4. The van der Waals surface area contributed by atoms with Crippen LogP contribution in [-0.2, 0) is 6.61 Å². The smallest absolute Gasteiger partial charge is 0.343 e. The highest BCUT2D eigenvalue weighted by Gasteiger charge is 2.11. The molecule has 0 atom stereocenters. The van der Waals surface area contributed by atoms with Crippen molar-refractivity contribution in [1.82, 2.24) is 5.43 Å². The molecule has 0 fully saturated rings. The quantitative estimate of drug-likeness (QED) is 0.131. The highest BCUT2D eigenvalue weighted by atomic mass is 79.9. The van der Waals surface area contributed by atoms with Crippen LogP contribution in [0.15, 0.2) is 113 Å². The molecule has 174 valence electrons. The lowest BCUT2D eigenvalue weighted by Crippen LogP contribution is -2.17. The summed E-state index contributed by atoms with van der Waals surface area (Å²) in [7, 11) is 0. The predicted molar refractivity (Wildman–Crippen MR) is 138 cm³/mol. The number of nitrogens with one attached hydrogen (secondary N) is 1. The number of benzene rings is 4. The van der Waals surface area contributed by atoms with Gasteiger partial charge in [0.1, 0.15) is 18.1 Å². The van der Waals surface area contributed by atoms with Crippen molar-refractivity contribution < 1.29 is 19.1 Å². The van der Waals surface area contributed by atoms with Gasteiger partial charge in [-0.05, 0) is 60.2 Å². The van der Waals surface area contributed by atoms with E-state index in [0.717, 1.165) is 10.0 Å². The summed E-state index contributed by atoms with van der Waals surface area (Å²) in [6.45, 7) is 0.445. The zero-order chi connectivity index (χ0) is 24.5. The van der Waals surface area contributed by atoms with Crippen molar-refractivity contribution in [3.63, 3.8) is 0 Å². The van der Waals surface area contributed by atoms with Gasteiger partial charge in [-0.25, -0.2) is 10.2 Å². The highest BCUT2D eigenvalue weighted by Crippen LogP contribution is 2.23. The van der Waals surface area contributed by atoms with E-state index >= 15 is 0 Å². The number of halogens is 1. The first kappa shape index (κ1) is 23.9. The Hall–Kier alpha value is -4.23. The van der Waals surface area contributed by atoms with Crippen LogP contribution in [0.25, 0.3) is 0 Å². The Kier molecular flexibility index (Phi) is 8.04. The fourth-order valence-corrected chi connectivity index (χ4v) is 3.49. The van der Waals surface area contributed by atoms with Gasteiger partial charge in [0.25, 0.3) is 5.91 Å². The molecule has 0 unspecified atom stereocenters. The number of hydrogen-bond donors (Lipinski definition) is 1. The van der Waals surface area contributed by atoms with Crippen LogP contribution in [0.4, 0.5) is 0 Å². The standard InChI is InChI=1S/C28H21BrN2O4/c29-24-13-16-26(35-28(33)22-9-5-2-6-10-22)23(17-24)18-30-31-27(32)21-11-14-25(15-12-21)34-19-20-7-3-1-4-8-20/h1-18H,19H2,(H,31,32). The second-order valence-corrected chi connectivity index (χ2v) is 8.35. The SMILES string of the molecule is O=C(NN=Cc1cc(Br)ccc1OC(=O)c1ccccc1)c1ccc(OCc2ccccc2)cc1. The largest absolute Gasteiger partial charge is 0.489 e.